The molecule has 4 aliphatic heterocycles. The summed E-state index contributed by atoms with van der Waals surface area (Å²) in [6.45, 7) is 4.90. The van der Waals surface area contributed by atoms with Crippen LogP contribution in [0.3, 0.4) is 0 Å². The Morgan fingerprint density at radius 2 is 1.93 bits per heavy atom. The zero-order valence-electron chi connectivity index (χ0n) is 15.9. The summed E-state index contributed by atoms with van der Waals surface area (Å²) in [4.78, 5) is 18.2. The Bertz CT molecular complexity index is 853. The van der Waals surface area contributed by atoms with Gasteiger partial charge in [0.2, 0.25) is 0 Å². The number of carbonyl (C=O) groups is 1. The normalized spacial score (nSPS) is 31.8. The Hall–Kier alpha value is -2.27. The van der Waals surface area contributed by atoms with Crippen LogP contribution >= 0.6 is 0 Å². The summed E-state index contributed by atoms with van der Waals surface area (Å²) >= 11 is 0. The molecule has 5 heterocycles. The number of nitrogens with zero attached hydrogens (tertiary/aromatic N) is 2. The molecule has 27 heavy (non-hydrogen) atoms. The van der Waals surface area contributed by atoms with Crippen LogP contribution in [-0.2, 0) is 0 Å². The number of methoxy groups -OCH3 is 1. The second-order valence-electron chi connectivity index (χ2n) is 8.05. The number of amides is 1. The SMILES string of the molecule is COc1ccccc1[C@@H]1CN(C(=O)c2ccoc2C)[C@@H]2C3CCN(CC3)[C@@H]21. The number of benzene rings is 1. The Kier molecular flexibility index (Phi) is 4.01. The molecule has 0 spiro atoms. The van der Waals surface area contributed by atoms with Gasteiger partial charge in [-0.2, -0.15) is 0 Å². The van der Waals surface area contributed by atoms with Gasteiger partial charge in [-0.15, -0.1) is 0 Å². The Morgan fingerprint density at radius 3 is 2.63 bits per heavy atom. The second-order valence-corrected chi connectivity index (χ2v) is 8.05. The Morgan fingerprint density at radius 1 is 1.15 bits per heavy atom. The molecule has 4 aliphatic rings. The Balaban J connectivity index is 1.56. The van der Waals surface area contributed by atoms with Gasteiger partial charge in [-0.05, 0) is 50.9 Å². The number of aryl methyl sites for hydroxylation is 1. The highest BCUT2D eigenvalue weighted by atomic mass is 16.5. The summed E-state index contributed by atoms with van der Waals surface area (Å²) in [5, 5.41) is 0. The number of likely N-dealkylation sites (tertiary alicyclic amines) is 1. The lowest BCUT2D eigenvalue weighted by Gasteiger charge is -2.51. The molecule has 0 aliphatic carbocycles. The van der Waals surface area contributed by atoms with Crippen LogP contribution in [0.15, 0.2) is 41.0 Å². The first-order valence-electron chi connectivity index (χ1n) is 9.91. The molecule has 0 unspecified atom stereocenters. The predicted octanol–water partition coefficient (Wildman–Crippen LogP) is 3.30. The van der Waals surface area contributed by atoms with E-state index >= 15 is 0 Å². The van der Waals surface area contributed by atoms with Crippen molar-refractivity contribution < 1.29 is 13.9 Å². The highest BCUT2D eigenvalue weighted by Gasteiger charge is 2.55. The van der Waals surface area contributed by atoms with E-state index in [1.807, 2.05) is 25.1 Å². The van der Waals surface area contributed by atoms with Crippen molar-refractivity contribution in [1.82, 2.24) is 9.80 Å². The third-order valence-corrected chi connectivity index (χ3v) is 6.88. The third-order valence-electron chi connectivity index (χ3n) is 6.88. The Labute approximate surface area is 159 Å². The van der Waals surface area contributed by atoms with Gasteiger partial charge in [-0.1, -0.05) is 18.2 Å². The number of para-hydroxylation sites is 1. The van der Waals surface area contributed by atoms with Crippen LogP contribution in [0.2, 0.25) is 0 Å². The molecule has 4 saturated heterocycles. The fourth-order valence-corrected chi connectivity index (χ4v) is 5.66. The number of fused-ring (bicyclic) bond motifs is 2. The summed E-state index contributed by atoms with van der Waals surface area (Å²) in [7, 11) is 1.73. The van der Waals surface area contributed by atoms with E-state index in [9.17, 15) is 4.79 Å². The molecule has 0 saturated carbocycles. The maximum absolute atomic E-state index is 13.4. The molecule has 1 aromatic heterocycles. The third kappa shape index (κ3) is 2.52. The van der Waals surface area contributed by atoms with E-state index in [2.05, 4.69) is 21.9 Å². The van der Waals surface area contributed by atoms with Gasteiger partial charge < -0.3 is 14.1 Å². The van der Waals surface area contributed by atoms with Crippen molar-refractivity contribution >= 4 is 5.91 Å². The molecule has 5 nitrogen and oxygen atoms in total. The monoisotopic (exact) mass is 366 g/mol. The number of hydrogen-bond acceptors (Lipinski definition) is 4. The topological polar surface area (TPSA) is 45.9 Å². The molecule has 1 aromatic carbocycles. The van der Waals surface area contributed by atoms with Gasteiger partial charge in [0.15, 0.2) is 0 Å². The van der Waals surface area contributed by atoms with Gasteiger partial charge in [-0.25, -0.2) is 0 Å². The lowest BCUT2D eigenvalue weighted by molar-refractivity contribution is -0.00355. The maximum atomic E-state index is 13.4. The van der Waals surface area contributed by atoms with Crippen molar-refractivity contribution in [3.63, 3.8) is 0 Å². The summed E-state index contributed by atoms with van der Waals surface area (Å²) in [6.07, 6.45) is 3.99. The highest BCUT2D eigenvalue weighted by Crippen LogP contribution is 2.48. The van der Waals surface area contributed by atoms with Crippen molar-refractivity contribution in [2.45, 2.75) is 37.8 Å². The van der Waals surface area contributed by atoms with Gasteiger partial charge in [0.25, 0.3) is 5.91 Å². The maximum Gasteiger partial charge on any atom is 0.257 e. The van der Waals surface area contributed by atoms with E-state index < -0.39 is 0 Å². The molecule has 2 bridgehead atoms. The number of hydrogen-bond donors (Lipinski definition) is 0. The lowest BCUT2D eigenvalue weighted by atomic mass is 9.75. The van der Waals surface area contributed by atoms with Gasteiger partial charge in [0, 0.05) is 24.1 Å². The average Bonchev–Trinajstić information content (AvgIpc) is 3.33. The summed E-state index contributed by atoms with van der Waals surface area (Å²) in [5.74, 6) is 2.62. The van der Waals surface area contributed by atoms with Crippen molar-refractivity contribution in [3.05, 3.63) is 53.5 Å². The van der Waals surface area contributed by atoms with Gasteiger partial charge >= 0.3 is 0 Å². The van der Waals surface area contributed by atoms with Crippen LogP contribution in [0.25, 0.3) is 0 Å². The van der Waals surface area contributed by atoms with Crippen LogP contribution in [-0.4, -0.2) is 54.5 Å². The molecule has 6 rings (SSSR count). The zero-order valence-corrected chi connectivity index (χ0v) is 15.9. The number of piperidine rings is 3. The fraction of sp³-hybridized carbons (Fsp3) is 0.500. The smallest absolute Gasteiger partial charge is 0.257 e. The van der Waals surface area contributed by atoms with Crippen molar-refractivity contribution in [2.24, 2.45) is 5.92 Å². The van der Waals surface area contributed by atoms with Crippen LogP contribution in [0.5, 0.6) is 5.75 Å². The summed E-state index contributed by atoms with van der Waals surface area (Å²) in [6, 6.07) is 10.8. The molecule has 2 aromatic rings. The molecule has 0 N–H and O–H groups in total. The first kappa shape index (κ1) is 16.9. The molecule has 0 radical (unpaired) electrons. The largest absolute Gasteiger partial charge is 0.496 e. The van der Waals surface area contributed by atoms with E-state index in [-0.39, 0.29) is 17.9 Å². The summed E-state index contributed by atoms with van der Waals surface area (Å²) in [5.41, 5.74) is 1.92. The van der Waals surface area contributed by atoms with Crippen molar-refractivity contribution in [2.75, 3.05) is 26.7 Å². The number of rotatable bonds is 3. The quantitative estimate of drug-likeness (QED) is 0.836. The first-order valence-corrected chi connectivity index (χ1v) is 9.91. The van der Waals surface area contributed by atoms with Gasteiger partial charge in [0.1, 0.15) is 11.5 Å². The summed E-state index contributed by atoms with van der Waals surface area (Å²) < 4.78 is 11.1. The molecular weight excluding hydrogens is 340 g/mol. The van der Waals surface area contributed by atoms with E-state index in [1.54, 1.807) is 13.4 Å². The number of ether oxygens (including phenoxy) is 1. The van der Waals surface area contributed by atoms with Crippen molar-refractivity contribution in [3.8, 4) is 5.75 Å². The zero-order chi connectivity index (χ0) is 18.5. The minimum absolute atomic E-state index is 0.113. The second kappa shape index (κ2) is 6.41. The van der Waals surface area contributed by atoms with Gasteiger partial charge in [-0.3, -0.25) is 9.69 Å². The predicted molar refractivity (Wildman–Crippen MR) is 102 cm³/mol. The van der Waals surface area contributed by atoms with Crippen molar-refractivity contribution in [1.29, 1.82) is 0 Å². The molecule has 4 fully saturated rings. The standard InChI is InChI=1S/C22H26N2O3/c1-14-16(9-12-27-14)22(25)24-13-18(17-5-3-4-6-19(17)26-2)21-20(24)15-7-10-23(21)11-8-15/h3-6,9,12,15,18,20-21H,7-8,10-11,13H2,1-2H3/t18-,20+,21+/m0/s1. The molecule has 5 heteroatoms. The minimum Gasteiger partial charge on any atom is -0.496 e. The van der Waals surface area contributed by atoms with Crippen LogP contribution in [0, 0.1) is 12.8 Å². The molecule has 142 valence electrons. The fourth-order valence-electron chi connectivity index (χ4n) is 5.66. The van der Waals surface area contributed by atoms with E-state index in [0.29, 0.717) is 23.3 Å². The number of carbonyl (C=O) groups excluding carboxylic acids is 1. The molecule has 1 amide bonds. The van der Waals surface area contributed by atoms with E-state index in [4.69, 9.17) is 9.15 Å². The van der Waals surface area contributed by atoms with Crippen LogP contribution in [0.1, 0.15) is 40.4 Å². The van der Waals surface area contributed by atoms with E-state index in [1.165, 1.54) is 18.4 Å². The first-order chi connectivity index (χ1) is 13.2. The number of furan rings is 1. The average molecular weight is 366 g/mol. The van der Waals surface area contributed by atoms with E-state index in [0.717, 1.165) is 25.4 Å². The minimum atomic E-state index is 0.113. The molecule has 3 atom stereocenters. The lowest BCUT2D eigenvalue weighted by Crippen LogP contribution is -2.60. The highest BCUT2D eigenvalue weighted by molar-refractivity contribution is 5.95. The van der Waals surface area contributed by atoms with Gasteiger partial charge in [0.05, 0.1) is 25.0 Å². The van der Waals surface area contributed by atoms with Crippen LogP contribution < -0.4 is 4.74 Å². The molecular formula is C22H26N2O3. The van der Waals surface area contributed by atoms with Crippen LogP contribution in [0.4, 0.5) is 0 Å².